The Morgan fingerprint density at radius 2 is 2.00 bits per heavy atom. The number of methoxy groups -OCH3 is 2. The number of ether oxygens (including phenoxy) is 2. The molecule has 6 nitrogen and oxygen atoms in total. The van der Waals surface area contributed by atoms with Crippen LogP contribution in [-0.2, 0) is 9.47 Å². The van der Waals surface area contributed by atoms with Crippen molar-refractivity contribution >= 4 is 11.7 Å². The molecule has 118 valence electrons. The Morgan fingerprint density at radius 3 is 2.57 bits per heavy atom. The van der Waals surface area contributed by atoms with E-state index in [2.05, 4.69) is 10.3 Å². The van der Waals surface area contributed by atoms with E-state index in [0.717, 1.165) is 18.8 Å². The molecule has 0 unspecified atom stereocenters. The molecule has 21 heavy (non-hydrogen) atoms. The number of hydrogen-bond acceptors (Lipinski definition) is 5. The summed E-state index contributed by atoms with van der Waals surface area (Å²) in [5, 5.41) is 3.11. The number of aromatic nitrogens is 1. The highest BCUT2D eigenvalue weighted by Crippen LogP contribution is 2.08. The van der Waals surface area contributed by atoms with Gasteiger partial charge in [0, 0.05) is 46.7 Å². The minimum atomic E-state index is -0.0290. The van der Waals surface area contributed by atoms with E-state index in [9.17, 15) is 4.79 Å². The summed E-state index contributed by atoms with van der Waals surface area (Å²) in [5.74, 6) is 0.746. The molecule has 0 saturated heterocycles. The first-order valence-corrected chi connectivity index (χ1v) is 7.20. The van der Waals surface area contributed by atoms with Crippen molar-refractivity contribution in [3.63, 3.8) is 0 Å². The fourth-order valence-electron chi connectivity index (χ4n) is 1.90. The maximum atomic E-state index is 12.5. The number of carbonyl (C=O) groups excluding carboxylic acids is 1. The van der Waals surface area contributed by atoms with Gasteiger partial charge in [-0.1, -0.05) is 0 Å². The lowest BCUT2D eigenvalue weighted by molar-refractivity contribution is 0.0674. The molecular weight excluding hydrogens is 270 g/mol. The molecule has 0 aromatic carbocycles. The number of nitrogens with zero attached hydrogens (tertiary/aromatic N) is 2. The minimum absolute atomic E-state index is 0.0290. The van der Waals surface area contributed by atoms with Gasteiger partial charge in [0.25, 0.3) is 5.91 Å². The predicted octanol–water partition coefficient (Wildman–Crippen LogP) is 1.64. The Labute approximate surface area is 126 Å². The lowest BCUT2D eigenvalue weighted by Crippen LogP contribution is -2.35. The van der Waals surface area contributed by atoms with Gasteiger partial charge in [-0.15, -0.1) is 0 Å². The third-order valence-electron chi connectivity index (χ3n) is 3.00. The molecule has 1 aromatic rings. The smallest absolute Gasteiger partial charge is 0.255 e. The molecule has 6 heteroatoms. The molecule has 1 aromatic heterocycles. The molecule has 0 aliphatic rings. The van der Waals surface area contributed by atoms with Gasteiger partial charge in [-0.25, -0.2) is 4.98 Å². The van der Waals surface area contributed by atoms with Gasteiger partial charge in [-0.2, -0.15) is 0 Å². The first-order valence-electron chi connectivity index (χ1n) is 7.20. The third kappa shape index (κ3) is 6.10. The summed E-state index contributed by atoms with van der Waals surface area (Å²) in [6.45, 7) is 5.16. The van der Waals surface area contributed by atoms with Crippen molar-refractivity contribution in [1.29, 1.82) is 0 Å². The van der Waals surface area contributed by atoms with E-state index < -0.39 is 0 Å². The summed E-state index contributed by atoms with van der Waals surface area (Å²) in [5.41, 5.74) is 0.588. The molecule has 0 bridgehead atoms. The van der Waals surface area contributed by atoms with Gasteiger partial charge < -0.3 is 19.7 Å². The molecule has 0 aliphatic carbocycles. The lowest BCUT2D eigenvalue weighted by atomic mass is 10.2. The summed E-state index contributed by atoms with van der Waals surface area (Å²) in [6, 6.07) is 3.61. The Morgan fingerprint density at radius 1 is 1.24 bits per heavy atom. The van der Waals surface area contributed by atoms with E-state index in [1.807, 2.05) is 13.0 Å². The van der Waals surface area contributed by atoms with Crippen LogP contribution < -0.4 is 5.32 Å². The molecular formula is C15H25N3O3. The van der Waals surface area contributed by atoms with Crippen LogP contribution in [0.3, 0.4) is 0 Å². The van der Waals surface area contributed by atoms with E-state index in [4.69, 9.17) is 9.47 Å². The van der Waals surface area contributed by atoms with E-state index in [-0.39, 0.29) is 5.91 Å². The quantitative estimate of drug-likeness (QED) is 0.665. The largest absolute Gasteiger partial charge is 0.385 e. The molecule has 0 aliphatic heterocycles. The molecule has 0 saturated carbocycles. The second kappa shape index (κ2) is 10.1. The van der Waals surface area contributed by atoms with Crippen LogP contribution >= 0.6 is 0 Å². The first kappa shape index (κ1) is 17.4. The molecule has 0 spiro atoms. The monoisotopic (exact) mass is 295 g/mol. The van der Waals surface area contributed by atoms with Gasteiger partial charge in [-0.05, 0) is 25.5 Å². The fraction of sp³-hybridized carbons (Fsp3) is 0.600. The van der Waals surface area contributed by atoms with Crippen molar-refractivity contribution in [1.82, 2.24) is 9.88 Å². The zero-order valence-corrected chi connectivity index (χ0v) is 13.1. The lowest BCUT2D eigenvalue weighted by Gasteiger charge is -2.22. The standard InChI is InChI=1S/C15H25N3O3/c1-4-16-14-7-6-13(12-17-14)15(19)18(9-11-21-3)8-5-10-20-2/h6-7,12H,4-5,8-11H2,1-3H3,(H,16,17). The van der Waals surface area contributed by atoms with Gasteiger partial charge in [0.15, 0.2) is 0 Å². The summed E-state index contributed by atoms with van der Waals surface area (Å²) in [6.07, 6.45) is 2.41. The average Bonchev–Trinajstić information content (AvgIpc) is 2.51. The molecule has 0 fully saturated rings. The van der Waals surface area contributed by atoms with Crippen LogP contribution in [0, 0.1) is 0 Å². The predicted molar refractivity (Wildman–Crippen MR) is 82.7 cm³/mol. The van der Waals surface area contributed by atoms with Crippen LogP contribution in [-0.4, -0.2) is 62.9 Å². The summed E-state index contributed by atoms with van der Waals surface area (Å²) >= 11 is 0. The first-order chi connectivity index (χ1) is 10.2. The molecule has 1 N–H and O–H groups in total. The van der Waals surface area contributed by atoms with Gasteiger partial charge >= 0.3 is 0 Å². The van der Waals surface area contributed by atoms with Gasteiger partial charge in [0.1, 0.15) is 5.82 Å². The number of anilines is 1. The Kier molecular flexibility index (Phi) is 8.38. The normalized spacial score (nSPS) is 10.4. The number of pyridine rings is 1. The second-order valence-electron chi connectivity index (χ2n) is 4.59. The maximum absolute atomic E-state index is 12.5. The summed E-state index contributed by atoms with van der Waals surface area (Å²) in [4.78, 5) is 18.5. The number of amides is 1. The molecule has 1 heterocycles. The fourth-order valence-corrected chi connectivity index (χ4v) is 1.90. The van der Waals surface area contributed by atoms with E-state index >= 15 is 0 Å². The van der Waals surface area contributed by atoms with Crippen molar-refractivity contribution < 1.29 is 14.3 Å². The number of nitrogens with one attached hydrogen (secondary N) is 1. The van der Waals surface area contributed by atoms with E-state index in [0.29, 0.717) is 31.9 Å². The van der Waals surface area contributed by atoms with Crippen molar-refractivity contribution in [3.05, 3.63) is 23.9 Å². The van der Waals surface area contributed by atoms with Crippen molar-refractivity contribution in [3.8, 4) is 0 Å². The SMILES string of the molecule is CCNc1ccc(C(=O)N(CCCOC)CCOC)cn1. The van der Waals surface area contributed by atoms with Crippen molar-refractivity contribution in [2.75, 3.05) is 52.4 Å². The summed E-state index contributed by atoms with van der Waals surface area (Å²) < 4.78 is 10.1. The maximum Gasteiger partial charge on any atom is 0.255 e. The van der Waals surface area contributed by atoms with Gasteiger partial charge in [-0.3, -0.25) is 4.79 Å². The molecule has 0 atom stereocenters. The van der Waals surface area contributed by atoms with Crippen LogP contribution in [0.25, 0.3) is 0 Å². The Hall–Kier alpha value is -1.66. The van der Waals surface area contributed by atoms with Gasteiger partial charge in [0.2, 0.25) is 0 Å². The van der Waals surface area contributed by atoms with Crippen LogP contribution in [0.4, 0.5) is 5.82 Å². The zero-order valence-electron chi connectivity index (χ0n) is 13.1. The molecule has 0 radical (unpaired) electrons. The van der Waals surface area contributed by atoms with E-state index in [1.165, 1.54) is 0 Å². The minimum Gasteiger partial charge on any atom is -0.385 e. The number of carbonyl (C=O) groups is 1. The van der Waals surface area contributed by atoms with Crippen LogP contribution in [0.2, 0.25) is 0 Å². The highest BCUT2D eigenvalue weighted by Gasteiger charge is 2.15. The number of rotatable bonds is 10. The van der Waals surface area contributed by atoms with Gasteiger partial charge in [0.05, 0.1) is 12.2 Å². The topological polar surface area (TPSA) is 63.7 Å². The highest BCUT2D eigenvalue weighted by atomic mass is 16.5. The highest BCUT2D eigenvalue weighted by molar-refractivity contribution is 5.94. The average molecular weight is 295 g/mol. The number of hydrogen-bond donors (Lipinski definition) is 1. The van der Waals surface area contributed by atoms with Crippen LogP contribution in [0.5, 0.6) is 0 Å². The molecule has 1 rings (SSSR count). The summed E-state index contributed by atoms with van der Waals surface area (Å²) in [7, 11) is 3.29. The third-order valence-corrected chi connectivity index (χ3v) is 3.00. The Bertz CT molecular complexity index is 409. The Balaban J connectivity index is 2.68. The van der Waals surface area contributed by atoms with Crippen molar-refractivity contribution in [2.24, 2.45) is 0 Å². The molecule has 1 amide bonds. The van der Waals surface area contributed by atoms with E-state index in [1.54, 1.807) is 31.4 Å². The second-order valence-corrected chi connectivity index (χ2v) is 4.59. The van der Waals surface area contributed by atoms with Crippen LogP contribution in [0.15, 0.2) is 18.3 Å². The van der Waals surface area contributed by atoms with Crippen molar-refractivity contribution in [2.45, 2.75) is 13.3 Å². The van der Waals surface area contributed by atoms with Crippen LogP contribution in [0.1, 0.15) is 23.7 Å². The zero-order chi connectivity index (χ0) is 15.5.